The molecule has 5 heteroatoms. The fourth-order valence-corrected chi connectivity index (χ4v) is 1.69. The van der Waals surface area contributed by atoms with Crippen molar-refractivity contribution in [3.63, 3.8) is 0 Å². The van der Waals surface area contributed by atoms with Crippen LogP contribution in [0, 0.1) is 11.3 Å². The van der Waals surface area contributed by atoms with E-state index >= 15 is 0 Å². The molecule has 0 amide bonds. The Labute approximate surface area is 104 Å². The Balaban J connectivity index is 2.95. The lowest BCUT2D eigenvalue weighted by Gasteiger charge is -2.24. The van der Waals surface area contributed by atoms with Crippen LogP contribution in [0.4, 0.5) is 5.82 Å². The standard InChI is InChI=1S/C11H15BrN4/c1-4-10-14-9(12)7-11(15-10)16(3)8(2)5-6-13/h7-8H,4-5H2,1-3H3. The molecule has 86 valence electrons. The van der Waals surface area contributed by atoms with E-state index in [0.29, 0.717) is 6.42 Å². The lowest BCUT2D eigenvalue weighted by molar-refractivity contribution is 0.688. The van der Waals surface area contributed by atoms with Gasteiger partial charge in [0.1, 0.15) is 16.2 Å². The highest BCUT2D eigenvalue weighted by atomic mass is 79.9. The lowest BCUT2D eigenvalue weighted by atomic mass is 10.2. The van der Waals surface area contributed by atoms with E-state index in [4.69, 9.17) is 5.26 Å². The number of aromatic nitrogens is 2. The Bertz CT molecular complexity index is 399. The minimum atomic E-state index is 0.150. The Morgan fingerprint density at radius 2 is 2.25 bits per heavy atom. The van der Waals surface area contributed by atoms with Gasteiger partial charge in [-0.15, -0.1) is 0 Å². The quantitative estimate of drug-likeness (QED) is 0.797. The molecular formula is C11H15BrN4. The second kappa shape index (κ2) is 5.80. The first-order valence-corrected chi connectivity index (χ1v) is 6.01. The number of nitrogens with zero attached hydrogens (tertiary/aromatic N) is 4. The van der Waals surface area contributed by atoms with Gasteiger partial charge in [0, 0.05) is 25.6 Å². The molecule has 0 aliphatic heterocycles. The molecule has 0 saturated heterocycles. The minimum absolute atomic E-state index is 0.150. The number of halogens is 1. The third-order valence-corrected chi connectivity index (χ3v) is 2.86. The molecule has 16 heavy (non-hydrogen) atoms. The van der Waals surface area contributed by atoms with E-state index in [9.17, 15) is 0 Å². The van der Waals surface area contributed by atoms with Crippen LogP contribution in [0.3, 0.4) is 0 Å². The largest absolute Gasteiger partial charge is 0.356 e. The van der Waals surface area contributed by atoms with Crippen LogP contribution in [-0.2, 0) is 6.42 Å². The molecule has 0 aromatic carbocycles. The van der Waals surface area contributed by atoms with Gasteiger partial charge in [-0.1, -0.05) is 6.92 Å². The molecule has 1 unspecified atom stereocenters. The van der Waals surface area contributed by atoms with Gasteiger partial charge in [-0.3, -0.25) is 0 Å². The Hall–Kier alpha value is -1.15. The first-order chi connectivity index (χ1) is 7.58. The van der Waals surface area contributed by atoms with Gasteiger partial charge in [-0.05, 0) is 22.9 Å². The zero-order chi connectivity index (χ0) is 12.1. The summed E-state index contributed by atoms with van der Waals surface area (Å²) < 4.78 is 0.783. The molecule has 0 fully saturated rings. The van der Waals surface area contributed by atoms with E-state index in [-0.39, 0.29) is 6.04 Å². The molecule has 1 aromatic rings. The summed E-state index contributed by atoms with van der Waals surface area (Å²) in [6, 6.07) is 4.18. The van der Waals surface area contributed by atoms with Crippen LogP contribution in [0.1, 0.15) is 26.1 Å². The van der Waals surface area contributed by atoms with E-state index in [1.807, 2.05) is 31.9 Å². The molecule has 1 aromatic heterocycles. The molecule has 0 aliphatic carbocycles. The Morgan fingerprint density at radius 1 is 1.56 bits per heavy atom. The summed E-state index contributed by atoms with van der Waals surface area (Å²) in [6.07, 6.45) is 1.28. The topological polar surface area (TPSA) is 52.8 Å². The maximum Gasteiger partial charge on any atom is 0.133 e. The van der Waals surface area contributed by atoms with Crippen molar-refractivity contribution >= 4 is 21.7 Å². The predicted octanol–water partition coefficient (Wildman–Crippen LogP) is 2.54. The molecule has 1 heterocycles. The molecule has 0 aliphatic rings. The van der Waals surface area contributed by atoms with Crippen molar-refractivity contribution in [2.45, 2.75) is 32.7 Å². The van der Waals surface area contributed by atoms with Crippen LogP contribution in [0.25, 0.3) is 0 Å². The fraction of sp³-hybridized carbons (Fsp3) is 0.545. The van der Waals surface area contributed by atoms with E-state index in [2.05, 4.69) is 32.0 Å². The Kier molecular flexibility index (Phi) is 4.69. The summed E-state index contributed by atoms with van der Waals surface area (Å²) in [7, 11) is 1.94. The van der Waals surface area contributed by atoms with Gasteiger partial charge in [0.05, 0.1) is 12.5 Å². The highest BCUT2D eigenvalue weighted by molar-refractivity contribution is 9.10. The summed E-state index contributed by atoms with van der Waals surface area (Å²) in [6.45, 7) is 4.02. The molecule has 0 bridgehead atoms. The summed E-state index contributed by atoms with van der Waals surface area (Å²) in [5, 5.41) is 8.67. The van der Waals surface area contributed by atoms with Crippen LogP contribution < -0.4 is 4.90 Å². The SMILES string of the molecule is CCc1nc(Br)cc(N(C)C(C)CC#N)n1. The monoisotopic (exact) mass is 282 g/mol. The molecular weight excluding hydrogens is 268 g/mol. The molecule has 0 N–H and O–H groups in total. The summed E-state index contributed by atoms with van der Waals surface area (Å²) in [4.78, 5) is 10.7. The molecule has 0 radical (unpaired) electrons. The minimum Gasteiger partial charge on any atom is -0.356 e. The van der Waals surface area contributed by atoms with E-state index < -0.39 is 0 Å². The zero-order valence-corrected chi connectivity index (χ0v) is 11.3. The van der Waals surface area contributed by atoms with E-state index in [1.165, 1.54) is 0 Å². The normalized spacial score (nSPS) is 11.9. The van der Waals surface area contributed by atoms with Crippen LogP contribution in [-0.4, -0.2) is 23.1 Å². The third-order valence-electron chi connectivity index (χ3n) is 2.45. The lowest BCUT2D eigenvalue weighted by Crippen LogP contribution is -2.29. The first kappa shape index (κ1) is 12.9. The van der Waals surface area contributed by atoms with Gasteiger partial charge < -0.3 is 4.90 Å². The van der Waals surface area contributed by atoms with Crippen LogP contribution in [0.15, 0.2) is 10.7 Å². The predicted molar refractivity (Wildman–Crippen MR) is 67.2 cm³/mol. The fourth-order valence-electron chi connectivity index (χ4n) is 1.29. The van der Waals surface area contributed by atoms with Crippen molar-refractivity contribution in [1.29, 1.82) is 5.26 Å². The zero-order valence-electron chi connectivity index (χ0n) is 9.74. The van der Waals surface area contributed by atoms with Crippen molar-refractivity contribution in [2.24, 2.45) is 0 Å². The van der Waals surface area contributed by atoms with Gasteiger partial charge in [-0.2, -0.15) is 5.26 Å². The smallest absolute Gasteiger partial charge is 0.133 e. The average molecular weight is 283 g/mol. The first-order valence-electron chi connectivity index (χ1n) is 5.21. The van der Waals surface area contributed by atoms with E-state index in [1.54, 1.807) is 0 Å². The number of hydrogen-bond donors (Lipinski definition) is 0. The molecule has 4 nitrogen and oxygen atoms in total. The number of rotatable bonds is 4. The summed E-state index contributed by atoms with van der Waals surface area (Å²) >= 11 is 3.37. The number of aryl methyl sites for hydroxylation is 1. The Morgan fingerprint density at radius 3 is 2.81 bits per heavy atom. The number of hydrogen-bond acceptors (Lipinski definition) is 4. The second-order valence-electron chi connectivity index (χ2n) is 3.64. The summed E-state index contributed by atoms with van der Waals surface area (Å²) in [5.41, 5.74) is 0. The average Bonchev–Trinajstić information content (AvgIpc) is 2.27. The highest BCUT2D eigenvalue weighted by Crippen LogP contribution is 2.18. The van der Waals surface area contributed by atoms with Gasteiger partial charge in [0.25, 0.3) is 0 Å². The van der Waals surface area contributed by atoms with Crippen molar-refractivity contribution in [3.8, 4) is 6.07 Å². The van der Waals surface area contributed by atoms with Crippen molar-refractivity contribution in [1.82, 2.24) is 9.97 Å². The van der Waals surface area contributed by atoms with Gasteiger partial charge in [0.2, 0.25) is 0 Å². The van der Waals surface area contributed by atoms with Gasteiger partial charge >= 0.3 is 0 Å². The maximum absolute atomic E-state index is 8.67. The highest BCUT2D eigenvalue weighted by Gasteiger charge is 2.12. The molecule has 1 atom stereocenters. The molecule has 1 rings (SSSR count). The number of anilines is 1. The molecule has 0 saturated carbocycles. The third kappa shape index (κ3) is 3.17. The van der Waals surface area contributed by atoms with Crippen LogP contribution >= 0.6 is 15.9 Å². The van der Waals surface area contributed by atoms with Gasteiger partial charge in [-0.25, -0.2) is 9.97 Å². The number of nitriles is 1. The van der Waals surface area contributed by atoms with E-state index in [0.717, 1.165) is 22.7 Å². The van der Waals surface area contributed by atoms with Crippen LogP contribution in [0.5, 0.6) is 0 Å². The second-order valence-corrected chi connectivity index (χ2v) is 4.45. The molecule has 0 spiro atoms. The van der Waals surface area contributed by atoms with Crippen molar-refractivity contribution in [3.05, 3.63) is 16.5 Å². The van der Waals surface area contributed by atoms with Gasteiger partial charge in [0.15, 0.2) is 0 Å². The van der Waals surface area contributed by atoms with Crippen molar-refractivity contribution < 1.29 is 0 Å². The summed E-state index contributed by atoms with van der Waals surface area (Å²) in [5.74, 6) is 1.65. The van der Waals surface area contributed by atoms with Crippen molar-refractivity contribution in [2.75, 3.05) is 11.9 Å². The van der Waals surface area contributed by atoms with Crippen LogP contribution in [0.2, 0.25) is 0 Å². The maximum atomic E-state index is 8.67.